The third kappa shape index (κ3) is 0.578. The Hall–Kier alpha value is -0.0800. The zero-order valence-corrected chi connectivity index (χ0v) is 4.93. The van der Waals surface area contributed by atoms with Gasteiger partial charge in [0.25, 0.3) is 0 Å². The largest absolute Gasteiger partial charge is 0.326 e. The monoisotopic (exact) mass is 128 g/mol. The summed E-state index contributed by atoms with van der Waals surface area (Å²) < 4.78 is 0. The molecule has 2 nitrogen and oxygen atoms in total. The molecule has 0 heterocycles. The summed E-state index contributed by atoms with van der Waals surface area (Å²) in [5, 5.41) is 0. The van der Waals surface area contributed by atoms with Gasteiger partial charge in [-0.3, -0.25) is 0 Å². The maximum atomic E-state index is 5.87. The third-order valence-electron chi connectivity index (χ3n) is 2.91. The number of fused-ring (bicyclic) bond motifs is 1. The van der Waals surface area contributed by atoms with Gasteiger partial charge in [0.15, 0.2) is 0 Å². The van der Waals surface area contributed by atoms with Gasteiger partial charge in [-0.25, -0.2) is 0 Å². The highest BCUT2D eigenvalue weighted by Crippen LogP contribution is 2.50. The molecule has 0 bridgehead atoms. The van der Waals surface area contributed by atoms with E-state index in [1.54, 1.807) is 0 Å². The van der Waals surface area contributed by atoms with Gasteiger partial charge in [-0.1, -0.05) is 7.43 Å². The highest BCUT2D eigenvalue weighted by molar-refractivity contribution is 5.16. The van der Waals surface area contributed by atoms with Crippen LogP contribution in [0, 0.1) is 5.92 Å². The molecular formula is C7H16N2. The van der Waals surface area contributed by atoms with Gasteiger partial charge in [0.2, 0.25) is 0 Å². The molecule has 0 aromatic carbocycles. The summed E-state index contributed by atoms with van der Waals surface area (Å²) in [4.78, 5) is 0. The zero-order chi connectivity index (χ0) is 5.78. The van der Waals surface area contributed by atoms with Crippen molar-refractivity contribution in [2.75, 3.05) is 0 Å². The molecule has 3 unspecified atom stereocenters. The Morgan fingerprint density at radius 2 is 2.11 bits per heavy atom. The van der Waals surface area contributed by atoms with E-state index in [0.717, 1.165) is 5.92 Å². The Kier molecular flexibility index (Phi) is 1.33. The molecule has 9 heavy (non-hydrogen) atoms. The third-order valence-corrected chi connectivity index (χ3v) is 2.91. The fourth-order valence-electron chi connectivity index (χ4n) is 1.87. The van der Waals surface area contributed by atoms with Gasteiger partial charge in [0.05, 0.1) is 0 Å². The SMILES string of the molecule is C.NC1CC2CCC12N. The minimum atomic E-state index is 0. The van der Waals surface area contributed by atoms with E-state index < -0.39 is 0 Å². The lowest BCUT2D eigenvalue weighted by atomic mass is 9.51. The van der Waals surface area contributed by atoms with Crippen LogP contribution in [-0.2, 0) is 0 Å². The van der Waals surface area contributed by atoms with Crippen molar-refractivity contribution in [3.63, 3.8) is 0 Å². The van der Waals surface area contributed by atoms with Crippen molar-refractivity contribution in [1.82, 2.24) is 0 Å². The predicted molar refractivity (Wildman–Crippen MR) is 39.0 cm³/mol. The van der Waals surface area contributed by atoms with Crippen LogP contribution >= 0.6 is 0 Å². The van der Waals surface area contributed by atoms with Crippen LogP contribution in [0.5, 0.6) is 0 Å². The standard InChI is InChI=1S/C6H12N2.CH4/c7-5-3-4-1-2-6(4,5)8;/h4-5H,1-3,7-8H2;1H4. The van der Waals surface area contributed by atoms with Crippen molar-refractivity contribution in [2.24, 2.45) is 17.4 Å². The van der Waals surface area contributed by atoms with Gasteiger partial charge >= 0.3 is 0 Å². The zero-order valence-electron chi connectivity index (χ0n) is 4.93. The Morgan fingerprint density at radius 1 is 1.44 bits per heavy atom. The van der Waals surface area contributed by atoms with Crippen molar-refractivity contribution in [3.8, 4) is 0 Å². The van der Waals surface area contributed by atoms with Gasteiger partial charge in [0, 0.05) is 11.6 Å². The Morgan fingerprint density at radius 3 is 2.11 bits per heavy atom. The van der Waals surface area contributed by atoms with E-state index in [1.165, 1.54) is 19.3 Å². The molecule has 2 saturated carbocycles. The molecule has 2 aliphatic carbocycles. The van der Waals surface area contributed by atoms with Gasteiger partial charge in [-0.2, -0.15) is 0 Å². The van der Waals surface area contributed by atoms with Crippen molar-refractivity contribution < 1.29 is 0 Å². The molecule has 3 atom stereocenters. The van der Waals surface area contributed by atoms with E-state index >= 15 is 0 Å². The predicted octanol–water partition coefficient (Wildman–Crippen LogP) is 0.461. The minimum Gasteiger partial charge on any atom is -0.326 e. The Balaban J connectivity index is 0.000000405. The molecule has 0 spiro atoms. The maximum absolute atomic E-state index is 5.87. The first-order valence-electron chi connectivity index (χ1n) is 3.28. The second kappa shape index (κ2) is 1.70. The molecule has 2 heteroatoms. The first-order valence-corrected chi connectivity index (χ1v) is 3.28. The first-order chi connectivity index (χ1) is 3.73. The van der Waals surface area contributed by atoms with Gasteiger partial charge < -0.3 is 11.5 Å². The molecule has 4 N–H and O–H groups in total. The lowest BCUT2D eigenvalue weighted by Gasteiger charge is -2.60. The molecule has 0 aromatic rings. The molecule has 0 amide bonds. The quantitative estimate of drug-likeness (QED) is 0.498. The summed E-state index contributed by atoms with van der Waals surface area (Å²) in [5.74, 6) is 0.789. The number of rotatable bonds is 0. The van der Waals surface area contributed by atoms with E-state index in [1.807, 2.05) is 0 Å². The molecule has 0 saturated heterocycles. The first kappa shape index (κ1) is 7.03. The molecule has 0 radical (unpaired) electrons. The van der Waals surface area contributed by atoms with Crippen molar-refractivity contribution in [1.29, 1.82) is 0 Å². The van der Waals surface area contributed by atoms with Gasteiger partial charge in [-0.05, 0) is 25.2 Å². The Labute approximate surface area is 56.6 Å². The second-order valence-corrected chi connectivity index (χ2v) is 3.19. The molecule has 0 aromatic heterocycles. The van der Waals surface area contributed by atoms with Crippen LogP contribution in [0.2, 0.25) is 0 Å². The van der Waals surface area contributed by atoms with Crippen LogP contribution in [0.3, 0.4) is 0 Å². The summed E-state index contributed by atoms with van der Waals surface area (Å²) >= 11 is 0. The lowest BCUT2D eigenvalue weighted by Crippen LogP contribution is -2.74. The van der Waals surface area contributed by atoms with Crippen LogP contribution in [0.25, 0.3) is 0 Å². The summed E-state index contributed by atoms with van der Waals surface area (Å²) in [6, 6.07) is 0.321. The summed E-state index contributed by atoms with van der Waals surface area (Å²) in [7, 11) is 0. The number of nitrogens with two attached hydrogens (primary N) is 2. The van der Waals surface area contributed by atoms with Gasteiger partial charge in [0.1, 0.15) is 0 Å². The smallest absolute Gasteiger partial charge is 0.0337 e. The topological polar surface area (TPSA) is 52.0 Å². The minimum absolute atomic E-state index is 0. The van der Waals surface area contributed by atoms with Gasteiger partial charge in [-0.15, -0.1) is 0 Å². The van der Waals surface area contributed by atoms with E-state index in [2.05, 4.69) is 0 Å². The molecule has 2 rings (SSSR count). The molecule has 0 aliphatic heterocycles. The summed E-state index contributed by atoms with van der Waals surface area (Å²) in [6.45, 7) is 0. The summed E-state index contributed by atoms with van der Waals surface area (Å²) in [6.07, 6.45) is 3.67. The number of hydrogen-bond acceptors (Lipinski definition) is 2. The fourth-order valence-corrected chi connectivity index (χ4v) is 1.87. The van der Waals surface area contributed by atoms with Crippen molar-refractivity contribution in [3.05, 3.63) is 0 Å². The highest BCUT2D eigenvalue weighted by atomic mass is 15.0. The average Bonchev–Trinajstić information content (AvgIpc) is 1.79. The molecule has 2 aliphatic rings. The summed E-state index contributed by atoms with van der Waals surface area (Å²) in [5.41, 5.74) is 11.6. The van der Waals surface area contributed by atoms with Crippen LogP contribution in [0.4, 0.5) is 0 Å². The second-order valence-electron chi connectivity index (χ2n) is 3.19. The van der Waals surface area contributed by atoms with Crippen LogP contribution < -0.4 is 11.5 Å². The lowest BCUT2D eigenvalue weighted by molar-refractivity contribution is -0.0106. The Bertz CT molecular complexity index is 118. The van der Waals surface area contributed by atoms with Crippen LogP contribution in [0.15, 0.2) is 0 Å². The normalized spacial score (nSPS) is 54.0. The fraction of sp³-hybridized carbons (Fsp3) is 1.00. The molecule has 2 fully saturated rings. The van der Waals surface area contributed by atoms with Crippen molar-refractivity contribution >= 4 is 0 Å². The van der Waals surface area contributed by atoms with Crippen LogP contribution in [0.1, 0.15) is 26.7 Å². The van der Waals surface area contributed by atoms with E-state index in [9.17, 15) is 0 Å². The highest BCUT2D eigenvalue weighted by Gasteiger charge is 2.56. The number of hydrogen-bond donors (Lipinski definition) is 2. The average molecular weight is 128 g/mol. The molecule has 54 valence electrons. The van der Waals surface area contributed by atoms with E-state index in [-0.39, 0.29) is 13.0 Å². The van der Waals surface area contributed by atoms with E-state index in [4.69, 9.17) is 11.5 Å². The van der Waals surface area contributed by atoms with E-state index in [0.29, 0.717) is 6.04 Å². The molecular weight excluding hydrogens is 112 g/mol. The maximum Gasteiger partial charge on any atom is 0.0337 e. The van der Waals surface area contributed by atoms with Crippen LogP contribution in [-0.4, -0.2) is 11.6 Å². The van der Waals surface area contributed by atoms with Crippen molar-refractivity contribution in [2.45, 2.75) is 38.3 Å².